The number of phenols is 1. The van der Waals surface area contributed by atoms with Crippen LogP contribution in [0.3, 0.4) is 0 Å². The number of carbonyl (C=O) groups excluding carboxylic acids is 4. The Balaban J connectivity index is 2.29. The zero-order valence-electron chi connectivity index (χ0n) is 21.2. The predicted octanol–water partition coefficient (Wildman–Crippen LogP) is -2.49. The molecule has 1 aromatic heterocycles. The van der Waals surface area contributed by atoms with Crippen LogP contribution >= 0.6 is 0 Å². The number of phenolic OH excluding ortho intramolecular Hbond substituents is 1. The second-order valence-corrected chi connectivity index (χ2v) is 8.88. The summed E-state index contributed by atoms with van der Waals surface area (Å²) in [5.41, 5.74) is 11.8. The Morgan fingerprint density at radius 1 is 0.875 bits per heavy atom. The van der Waals surface area contributed by atoms with Gasteiger partial charge < -0.3 is 47.7 Å². The standard InChI is InChI=1S/C24H31N7O9/c25-15(5-6-19(26)33)21(36)29-17(8-13-10-27-11-28-13)23(38)30-16(7-12-1-3-14(32)4-2-12)22(37)31-18(24(39)40)9-20(34)35/h1-4,10-11,15-18,32H,5-9,25H2,(H2,26,33)(H,27,28)(H,29,36)(H,30,38)(H,31,37)(H,34,35)(H,39,40). The average molecular weight is 562 g/mol. The molecule has 2 aromatic rings. The molecule has 1 heterocycles. The quantitative estimate of drug-likeness (QED) is 0.103. The maximum absolute atomic E-state index is 13.3. The predicted molar refractivity (Wildman–Crippen MR) is 136 cm³/mol. The summed E-state index contributed by atoms with van der Waals surface area (Å²) in [6.45, 7) is 0. The molecule has 0 fully saturated rings. The number of carbonyl (C=O) groups is 6. The number of imidazole rings is 1. The van der Waals surface area contributed by atoms with E-state index in [0.29, 0.717) is 11.3 Å². The summed E-state index contributed by atoms with van der Waals surface area (Å²) in [4.78, 5) is 79.3. The number of aromatic nitrogens is 2. The number of nitrogens with one attached hydrogen (secondary N) is 4. The molecular formula is C24H31N7O9. The first kappa shape index (κ1) is 31.2. The Labute approximate surface area is 227 Å². The molecule has 4 unspecified atom stereocenters. The number of carboxylic acid groups (broad SMARTS) is 2. The summed E-state index contributed by atoms with van der Waals surface area (Å²) >= 11 is 0. The van der Waals surface area contributed by atoms with E-state index in [-0.39, 0.29) is 31.4 Å². The van der Waals surface area contributed by atoms with E-state index in [2.05, 4.69) is 25.9 Å². The number of carboxylic acids is 2. The van der Waals surface area contributed by atoms with Gasteiger partial charge in [-0.15, -0.1) is 0 Å². The monoisotopic (exact) mass is 561 g/mol. The first-order valence-corrected chi connectivity index (χ1v) is 12.0. The number of hydrogen-bond acceptors (Lipinski definition) is 9. The molecule has 40 heavy (non-hydrogen) atoms. The van der Waals surface area contributed by atoms with Gasteiger partial charge in [0.25, 0.3) is 0 Å². The lowest BCUT2D eigenvalue weighted by Gasteiger charge is -2.25. The van der Waals surface area contributed by atoms with Gasteiger partial charge in [-0.2, -0.15) is 0 Å². The van der Waals surface area contributed by atoms with Crippen LogP contribution in [0, 0.1) is 0 Å². The number of aromatic hydroxyl groups is 1. The highest BCUT2D eigenvalue weighted by Crippen LogP contribution is 2.12. The summed E-state index contributed by atoms with van der Waals surface area (Å²) in [6.07, 6.45) is 1.31. The zero-order valence-corrected chi connectivity index (χ0v) is 21.2. The molecule has 0 bridgehead atoms. The van der Waals surface area contributed by atoms with Gasteiger partial charge in [0.2, 0.25) is 23.6 Å². The van der Waals surface area contributed by atoms with Gasteiger partial charge in [0.1, 0.15) is 23.9 Å². The first-order valence-electron chi connectivity index (χ1n) is 12.0. The van der Waals surface area contributed by atoms with Crippen LogP contribution in [-0.2, 0) is 41.6 Å². The Morgan fingerprint density at radius 3 is 1.98 bits per heavy atom. The fraction of sp³-hybridized carbons (Fsp3) is 0.375. The number of aromatic amines is 1. The van der Waals surface area contributed by atoms with Gasteiger partial charge in [0.05, 0.1) is 18.8 Å². The minimum atomic E-state index is -1.78. The minimum Gasteiger partial charge on any atom is -0.508 e. The van der Waals surface area contributed by atoms with Gasteiger partial charge in [-0.1, -0.05) is 12.1 Å². The molecule has 0 spiro atoms. The number of nitrogens with zero attached hydrogens (tertiary/aromatic N) is 1. The van der Waals surface area contributed by atoms with Crippen LogP contribution in [0.2, 0.25) is 0 Å². The number of H-pyrrole nitrogens is 1. The zero-order chi connectivity index (χ0) is 29.8. The first-order chi connectivity index (χ1) is 18.8. The number of nitrogens with two attached hydrogens (primary N) is 2. The molecule has 0 saturated carbocycles. The van der Waals surface area contributed by atoms with E-state index in [1.165, 1.54) is 36.8 Å². The fourth-order valence-corrected chi connectivity index (χ4v) is 3.53. The maximum Gasteiger partial charge on any atom is 0.326 e. The molecule has 1 aromatic carbocycles. The van der Waals surface area contributed by atoms with Crippen molar-refractivity contribution in [2.45, 2.75) is 56.3 Å². The molecule has 16 nitrogen and oxygen atoms in total. The van der Waals surface area contributed by atoms with Crippen molar-refractivity contribution in [2.75, 3.05) is 0 Å². The highest BCUT2D eigenvalue weighted by molar-refractivity contribution is 5.95. The summed E-state index contributed by atoms with van der Waals surface area (Å²) in [6, 6.07) is -0.0586. The van der Waals surface area contributed by atoms with Crippen molar-refractivity contribution in [3.63, 3.8) is 0 Å². The molecule has 16 heteroatoms. The Kier molecular flexibility index (Phi) is 11.6. The van der Waals surface area contributed by atoms with Crippen LogP contribution in [0.15, 0.2) is 36.8 Å². The number of benzene rings is 1. The minimum absolute atomic E-state index is 0.0591. The molecule has 2 rings (SSSR count). The largest absolute Gasteiger partial charge is 0.508 e. The van der Waals surface area contributed by atoms with Crippen LogP contribution in [-0.4, -0.2) is 85.0 Å². The maximum atomic E-state index is 13.3. The number of primary amides is 1. The van der Waals surface area contributed by atoms with Crippen LogP contribution in [0.1, 0.15) is 30.5 Å². The van der Waals surface area contributed by atoms with Gasteiger partial charge >= 0.3 is 11.9 Å². The van der Waals surface area contributed by atoms with Crippen LogP contribution < -0.4 is 27.4 Å². The molecule has 0 saturated heterocycles. The number of rotatable bonds is 16. The van der Waals surface area contributed by atoms with E-state index in [0.717, 1.165) is 0 Å². The van der Waals surface area contributed by atoms with Gasteiger partial charge in [-0.05, 0) is 24.1 Å². The molecule has 0 radical (unpaired) electrons. The van der Waals surface area contributed by atoms with Crippen molar-refractivity contribution >= 4 is 35.6 Å². The van der Waals surface area contributed by atoms with Gasteiger partial charge in [0.15, 0.2) is 0 Å². The molecule has 0 aliphatic carbocycles. The van der Waals surface area contributed by atoms with Crippen molar-refractivity contribution in [1.82, 2.24) is 25.9 Å². The molecule has 0 aliphatic heterocycles. The van der Waals surface area contributed by atoms with Crippen LogP contribution in [0.4, 0.5) is 0 Å². The van der Waals surface area contributed by atoms with Crippen molar-refractivity contribution in [3.05, 3.63) is 48.0 Å². The molecule has 11 N–H and O–H groups in total. The van der Waals surface area contributed by atoms with Gasteiger partial charge in [-0.3, -0.25) is 24.0 Å². The van der Waals surface area contributed by atoms with Crippen molar-refractivity contribution in [1.29, 1.82) is 0 Å². The van der Waals surface area contributed by atoms with E-state index in [4.69, 9.17) is 16.6 Å². The summed E-state index contributed by atoms with van der Waals surface area (Å²) in [5.74, 6) is -6.42. The van der Waals surface area contributed by atoms with Gasteiger partial charge in [-0.25, -0.2) is 9.78 Å². The van der Waals surface area contributed by atoms with E-state index in [1.54, 1.807) is 0 Å². The smallest absolute Gasteiger partial charge is 0.326 e. The van der Waals surface area contributed by atoms with Crippen LogP contribution in [0.5, 0.6) is 5.75 Å². The fourth-order valence-electron chi connectivity index (χ4n) is 3.53. The number of hydrogen-bond donors (Lipinski definition) is 9. The SMILES string of the molecule is NC(=O)CCC(N)C(=O)NC(Cc1cnc[nH]1)C(=O)NC(Cc1ccc(O)cc1)C(=O)NC(CC(=O)O)C(=O)O. The number of aliphatic carboxylic acids is 2. The van der Waals surface area contributed by atoms with E-state index in [1.807, 2.05) is 0 Å². The third-order valence-corrected chi connectivity index (χ3v) is 5.65. The topological polar surface area (TPSA) is 280 Å². The third kappa shape index (κ3) is 10.4. The highest BCUT2D eigenvalue weighted by Gasteiger charge is 2.31. The van der Waals surface area contributed by atoms with E-state index < -0.39 is 66.2 Å². The lowest BCUT2D eigenvalue weighted by atomic mass is 10.0. The summed E-state index contributed by atoms with van der Waals surface area (Å²) in [5, 5.41) is 34.9. The second kappa shape index (κ2) is 14.8. The third-order valence-electron chi connectivity index (χ3n) is 5.65. The van der Waals surface area contributed by atoms with Crippen molar-refractivity contribution in [3.8, 4) is 5.75 Å². The molecule has 4 amide bonds. The summed E-state index contributed by atoms with van der Waals surface area (Å²) in [7, 11) is 0. The molecule has 216 valence electrons. The normalized spacial score (nSPS) is 13.7. The Hall–Kier alpha value is -4.99. The molecule has 4 atom stereocenters. The van der Waals surface area contributed by atoms with Crippen LogP contribution in [0.25, 0.3) is 0 Å². The van der Waals surface area contributed by atoms with E-state index >= 15 is 0 Å². The summed E-state index contributed by atoms with van der Waals surface area (Å²) < 4.78 is 0. The molecule has 0 aliphatic rings. The van der Waals surface area contributed by atoms with E-state index in [9.17, 15) is 39.0 Å². The second-order valence-electron chi connectivity index (χ2n) is 8.88. The lowest BCUT2D eigenvalue weighted by Crippen LogP contribution is -2.58. The Morgan fingerprint density at radius 2 is 1.45 bits per heavy atom. The Bertz CT molecular complexity index is 1200. The number of amides is 4. The highest BCUT2D eigenvalue weighted by atomic mass is 16.4. The van der Waals surface area contributed by atoms with Crippen molar-refractivity contribution < 1.29 is 44.1 Å². The average Bonchev–Trinajstić information content (AvgIpc) is 3.40. The van der Waals surface area contributed by atoms with Crippen molar-refractivity contribution in [2.24, 2.45) is 11.5 Å². The molecular weight excluding hydrogens is 530 g/mol. The lowest BCUT2D eigenvalue weighted by molar-refractivity contribution is -0.147. The van der Waals surface area contributed by atoms with Gasteiger partial charge in [0, 0.05) is 31.2 Å².